The van der Waals surface area contributed by atoms with E-state index in [9.17, 15) is 4.79 Å². The van der Waals surface area contributed by atoms with Gasteiger partial charge in [-0.3, -0.25) is 0 Å². The van der Waals surface area contributed by atoms with Crippen molar-refractivity contribution in [2.45, 2.75) is 19.9 Å². The topological polar surface area (TPSA) is 68.0 Å². The summed E-state index contributed by atoms with van der Waals surface area (Å²) < 4.78 is 1.93. The Kier molecular flexibility index (Phi) is 3.18. The highest BCUT2D eigenvalue weighted by Crippen LogP contribution is 2.09. The lowest BCUT2D eigenvalue weighted by Gasteiger charge is -2.08. The Labute approximate surface area is 98.8 Å². The van der Waals surface area contributed by atoms with Crippen LogP contribution in [0.1, 0.15) is 28.8 Å². The van der Waals surface area contributed by atoms with Crippen LogP contribution in [0.5, 0.6) is 0 Å². The van der Waals surface area contributed by atoms with Crippen LogP contribution in [-0.4, -0.2) is 25.6 Å². The first kappa shape index (κ1) is 11.3. The Bertz CT molecular complexity index is 534. The molecule has 0 aliphatic rings. The minimum atomic E-state index is -1.00. The standard InChI is InChI=1S/C12H13N3O2/c1-2-10-13-6-7-15(10)8-9-4-3-5-14-11(9)12(16)17/h3-7H,2,8H2,1H3,(H,16,17). The number of hydrogen-bond acceptors (Lipinski definition) is 3. The Balaban J connectivity index is 2.33. The second-order valence-electron chi connectivity index (χ2n) is 3.64. The van der Waals surface area contributed by atoms with Gasteiger partial charge in [-0.1, -0.05) is 13.0 Å². The molecule has 5 heteroatoms. The molecule has 0 saturated heterocycles. The number of imidazole rings is 1. The summed E-state index contributed by atoms with van der Waals surface area (Å²) in [6.45, 7) is 2.50. The molecule has 17 heavy (non-hydrogen) atoms. The molecule has 0 aromatic carbocycles. The fraction of sp³-hybridized carbons (Fsp3) is 0.250. The number of rotatable bonds is 4. The molecule has 0 unspecified atom stereocenters. The van der Waals surface area contributed by atoms with E-state index in [-0.39, 0.29) is 5.69 Å². The van der Waals surface area contributed by atoms with Gasteiger partial charge in [0.15, 0.2) is 5.69 Å². The zero-order chi connectivity index (χ0) is 12.3. The van der Waals surface area contributed by atoms with E-state index >= 15 is 0 Å². The quantitative estimate of drug-likeness (QED) is 0.867. The second-order valence-corrected chi connectivity index (χ2v) is 3.64. The number of carboxylic acids is 1. The van der Waals surface area contributed by atoms with Gasteiger partial charge in [0.2, 0.25) is 0 Å². The molecule has 2 aromatic rings. The fourth-order valence-corrected chi connectivity index (χ4v) is 1.74. The predicted molar refractivity (Wildman–Crippen MR) is 61.9 cm³/mol. The van der Waals surface area contributed by atoms with Crippen LogP contribution in [0.4, 0.5) is 0 Å². The molecule has 0 radical (unpaired) electrons. The van der Waals surface area contributed by atoms with Crippen LogP contribution >= 0.6 is 0 Å². The summed E-state index contributed by atoms with van der Waals surface area (Å²) in [5.41, 5.74) is 0.788. The monoisotopic (exact) mass is 231 g/mol. The molecular weight excluding hydrogens is 218 g/mol. The van der Waals surface area contributed by atoms with Crippen LogP contribution in [0, 0.1) is 0 Å². The third kappa shape index (κ3) is 2.33. The molecule has 0 aliphatic carbocycles. The van der Waals surface area contributed by atoms with Crippen molar-refractivity contribution in [3.8, 4) is 0 Å². The van der Waals surface area contributed by atoms with Crippen molar-refractivity contribution >= 4 is 5.97 Å². The Hall–Kier alpha value is -2.17. The maximum atomic E-state index is 11.0. The molecule has 0 aliphatic heterocycles. The summed E-state index contributed by atoms with van der Waals surface area (Å²) in [6, 6.07) is 3.51. The Morgan fingerprint density at radius 2 is 2.24 bits per heavy atom. The first-order valence-corrected chi connectivity index (χ1v) is 5.39. The largest absolute Gasteiger partial charge is 0.477 e. The number of aromatic carboxylic acids is 1. The SMILES string of the molecule is CCc1nccn1Cc1cccnc1C(=O)O. The van der Waals surface area contributed by atoms with Crippen LogP contribution in [-0.2, 0) is 13.0 Å². The van der Waals surface area contributed by atoms with Crippen LogP contribution < -0.4 is 0 Å². The van der Waals surface area contributed by atoms with E-state index in [0.717, 1.165) is 12.2 Å². The Morgan fingerprint density at radius 1 is 1.41 bits per heavy atom. The minimum Gasteiger partial charge on any atom is -0.477 e. The average molecular weight is 231 g/mol. The van der Waals surface area contributed by atoms with Gasteiger partial charge in [-0.2, -0.15) is 0 Å². The number of aryl methyl sites for hydroxylation is 1. The van der Waals surface area contributed by atoms with Gasteiger partial charge >= 0.3 is 5.97 Å². The number of hydrogen-bond donors (Lipinski definition) is 1. The summed E-state index contributed by atoms with van der Waals surface area (Å²) in [6.07, 6.45) is 5.87. The van der Waals surface area contributed by atoms with Crippen LogP contribution in [0.2, 0.25) is 0 Å². The molecule has 2 rings (SSSR count). The number of aromatic nitrogens is 3. The number of carbonyl (C=O) groups is 1. The van der Waals surface area contributed by atoms with Crippen molar-refractivity contribution < 1.29 is 9.90 Å². The summed E-state index contributed by atoms with van der Waals surface area (Å²) in [5, 5.41) is 9.03. The third-order valence-electron chi connectivity index (χ3n) is 2.55. The highest BCUT2D eigenvalue weighted by Gasteiger charge is 2.12. The van der Waals surface area contributed by atoms with E-state index in [1.54, 1.807) is 18.3 Å². The fourth-order valence-electron chi connectivity index (χ4n) is 1.74. The molecule has 2 heterocycles. The minimum absolute atomic E-state index is 0.100. The first-order valence-electron chi connectivity index (χ1n) is 5.39. The molecule has 0 bridgehead atoms. The van der Waals surface area contributed by atoms with Crippen molar-refractivity contribution in [2.24, 2.45) is 0 Å². The van der Waals surface area contributed by atoms with Gasteiger partial charge in [0.25, 0.3) is 0 Å². The van der Waals surface area contributed by atoms with Crippen molar-refractivity contribution in [3.63, 3.8) is 0 Å². The number of carboxylic acid groups (broad SMARTS) is 1. The van der Waals surface area contributed by atoms with Crippen molar-refractivity contribution in [1.82, 2.24) is 14.5 Å². The summed E-state index contributed by atoms with van der Waals surface area (Å²) in [7, 11) is 0. The van der Waals surface area contributed by atoms with Crippen molar-refractivity contribution in [2.75, 3.05) is 0 Å². The molecule has 1 N–H and O–H groups in total. The average Bonchev–Trinajstić information content (AvgIpc) is 2.77. The highest BCUT2D eigenvalue weighted by atomic mass is 16.4. The third-order valence-corrected chi connectivity index (χ3v) is 2.55. The lowest BCUT2D eigenvalue weighted by atomic mass is 10.2. The van der Waals surface area contributed by atoms with Crippen LogP contribution in [0.15, 0.2) is 30.7 Å². The molecule has 5 nitrogen and oxygen atoms in total. The van der Waals surface area contributed by atoms with Crippen molar-refractivity contribution in [1.29, 1.82) is 0 Å². The molecular formula is C12H13N3O2. The lowest BCUT2D eigenvalue weighted by Crippen LogP contribution is -2.10. The molecule has 0 atom stereocenters. The lowest BCUT2D eigenvalue weighted by molar-refractivity contribution is 0.0689. The van der Waals surface area contributed by atoms with Gasteiger partial charge in [0.05, 0.1) is 6.54 Å². The first-order chi connectivity index (χ1) is 8.22. The smallest absolute Gasteiger partial charge is 0.354 e. The zero-order valence-corrected chi connectivity index (χ0v) is 9.50. The van der Waals surface area contributed by atoms with Gasteiger partial charge < -0.3 is 9.67 Å². The molecule has 2 aromatic heterocycles. The van der Waals surface area contributed by atoms with Crippen molar-refractivity contribution in [3.05, 3.63) is 47.8 Å². The van der Waals surface area contributed by atoms with Gasteiger partial charge in [0, 0.05) is 30.6 Å². The molecule has 0 amide bonds. The van der Waals surface area contributed by atoms with E-state index in [0.29, 0.717) is 12.1 Å². The number of nitrogens with zero attached hydrogens (tertiary/aromatic N) is 3. The maximum Gasteiger partial charge on any atom is 0.354 e. The van der Waals surface area contributed by atoms with E-state index in [1.807, 2.05) is 17.7 Å². The molecule has 0 spiro atoms. The number of pyridine rings is 1. The van der Waals surface area contributed by atoms with Gasteiger partial charge in [-0.05, 0) is 6.07 Å². The van der Waals surface area contributed by atoms with Gasteiger partial charge in [-0.25, -0.2) is 14.8 Å². The summed E-state index contributed by atoms with van der Waals surface area (Å²) in [4.78, 5) is 19.1. The normalized spacial score (nSPS) is 10.4. The molecule has 0 fully saturated rings. The van der Waals surface area contributed by atoms with E-state index in [1.165, 1.54) is 6.20 Å². The predicted octanol–water partition coefficient (Wildman–Crippen LogP) is 1.59. The second kappa shape index (κ2) is 4.78. The Morgan fingerprint density at radius 3 is 2.94 bits per heavy atom. The molecule has 88 valence electrons. The van der Waals surface area contributed by atoms with E-state index < -0.39 is 5.97 Å². The van der Waals surface area contributed by atoms with Gasteiger partial charge in [-0.15, -0.1) is 0 Å². The summed E-state index contributed by atoms with van der Waals surface area (Å²) >= 11 is 0. The van der Waals surface area contributed by atoms with Crippen LogP contribution in [0.25, 0.3) is 0 Å². The zero-order valence-electron chi connectivity index (χ0n) is 9.50. The summed E-state index contributed by atoms with van der Waals surface area (Å²) in [5.74, 6) is -0.0658. The van der Waals surface area contributed by atoms with E-state index in [2.05, 4.69) is 9.97 Å². The highest BCUT2D eigenvalue weighted by molar-refractivity contribution is 5.86. The maximum absolute atomic E-state index is 11.0. The van der Waals surface area contributed by atoms with Crippen LogP contribution in [0.3, 0.4) is 0 Å². The van der Waals surface area contributed by atoms with E-state index in [4.69, 9.17) is 5.11 Å². The molecule has 0 saturated carbocycles. The van der Waals surface area contributed by atoms with Gasteiger partial charge in [0.1, 0.15) is 5.82 Å².